The molecule has 2 rings (SSSR count). The summed E-state index contributed by atoms with van der Waals surface area (Å²) in [5.74, 6) is 0.795. The molecule has 29 heavy (non-hydrogen) atoms. The summed E-state index contributed by atoms with van der Waals surface area (Å²) in [6.07, 6.45) is 3.19. The van der Waals surface area contributed by atoms with Crippen LogP contribution in [-0.2, 0) is 11.3 Å². The molecule has 1 heterocycles. The Labute approximate surface area is 188 Å². The zero-order chi connectivity index (χ0) is 20.7. The first-order valence-electron chi connectivity index (χ1n) is 9.51. The van der Waals surface area contributed by atoms with Crippen LogP contribution in [0.2, 0.25) is 0 Å². The predicted octanol–water partition coefficient (Wildman–Crippen LogP) is 2.50. The number of hydrogen-bond acceptors (Lipinski definition) is 5. The summed E-state index contributed by atoms with van der Waals surface area (Å²) in [7, 11) is 1.70. The summed E-state index contributed by atoms with van der Waals surface area (Å²) in [5.41, 5.74) is 4.69. The van der Waals surface area contributed by atoms with E-state index in [1.54, 1.807) is 19.2 Å². The molecule has 0 aromatic carbocycles. The number of primary amides is 1. The van der Waals surface area contributed by atoms with E-state index < -0.39 is 11.5 Å². The minimum Gasteiger partial charge on any atom is -0.454 e. The highest BCUT2D eigenvalue weighted by Crippen LogP contribution is 2.19. The SMILES string of the molecule is CN=C(NCc1ccc(C(N)=O)o1)NC1CCC(NC(=O)OC(C)(C)C)CC1.I. The van der Waals surface area contributed by atoms with Crippen LogP contribution in [-0.4, -0.2) is 42.7 Å². The molecule has 1 aromatic heterocycles. The minimum atomic E-state index is -0.592. The molecule has 9 nitrogen and oxygen atoms in total. The van der Waals surface area contributed by atoms with Crippen molar-refractivity contribution in [1.29, 1.82) is 0 Å². The number of guanidine groups is 1. The second kappa shape index (κ2) is 11.3. The van der Waals surface area contributed by atoms with Gasteiger partial charge >= 0.3 is 6.09 Å². The van der Waals surface area contributed by atoms with Gasteiger partial charge in [-0.1, -0.05) is 0 Å². The average Bonchev–Trinajstić information content (AvgIpc) is 3.07. The third kappa shape index (κ3) is 8.92. The Morgan fingerprint density at radius 1 is 1.17 bits per heavy atom. The van der Waals surface area contributed by atoms with Crippen molar-refractivity contribution in [3.8, 4) is 0 Å². The molecule has 5 N–H and O–H groups in total. The molecule has 10 heteroatoms. The summed E-state index contributed by atoms with van der Waals surface area (Å²) >= 11 is 0. The number of carbonyl (C=O) groups is 2. The zero-order valence-corrected chi connectivity index (χ0v) is 19.7. The van der Waals surface area contributed by atoms with Gasteiger partial charge in [-0.2, -0.15) is 0 Å². The molecule has 0 radical (unpaired) electrons. The van der Waals surface area contributed by atoms with E-state index in [0.29, 0.717) is 18.3 Å². The van der Waals surface area contributed by atoms with Gasteiger partial charge in [0, 0.05) is 19.1 Å². The van der Waals surface area contributed by atoms with Crippen molar-refractivity contribution in [2.45, 2.75) is 70.7 Å². The Morgan fingerprint density at radius 3 is 2.24 bits per heavy atom. The topological polar surface area (TPSA) is 131 Å². The molecule has 0 bridgehead atoms. The number of rotatable bonds is 5. The fourth-order valence-corrected chi connectivity index (χ4v) is 3.02. The number of furan rings is 1. The number of amides is 2. The van der Waals surface area contributed by atoms with E-state index in [9.17, 15) is 9.59 Å². The summed E-state index contributed by atoms with van der Waals surface area (Å²) in [6.45, 7) is 5.94. The second-order valence-corrected chi connectivity index (χ2v) is 7.90. The molecular weight excluding hydrogens is 489 g/mol. The molecule has 1 saturated carbocycles. The lowest BCUT2D eigenvalue weighted by Crippen LogP contribution is -2.47. The minimum absolute atomic E-state index is 0. The Morgan fingerprint density at radius 2 is 1.76 bits per heavy atom. The maximum absolute atomic E-state index is 11.9. The van der Waals surface area contributed by atoms with Gasteiger partial charge in [-0.3, -0.25) is 9.79 Å². The standard InChI is InChI=1S/C19H31N5O4.HI/c1-19(2,3)28-18(26)24-13-7-5-12(6-8-13)23-17(21-4)22-11-14-9-10-15(27-14)16(20)25;/h9-10,12-13H,5-8,11H2,1-4H3,(H2,20,25)(H,24,26)(H2,21,22,23);1H. The summed E-state index contributed by atoms with van der Waals surface area (Å²) in [5, 5.41) is 9.47. The van der Waals surface area contributed by atoms with E-state index >= 15 is 0 Å². The highest BCUT2D eigenvalue weighted by molar-refractivity contribution is 14.0. The Hall–Kier alpha value is -1.98. The van der Waals surface area contributed by atoms with E-state index in [4.69, 9.17) is 14.9 Å². The molecule has 0 aliphatic heterocycles. The van der Waals surface area contributed by atoms with Crippen LogP contribution in [0.15, 0.2) is 21.5 Å². The third-order valence-corrected chi connectivity index (χ3v) is 4.35. The van der Waals surface area contributed by atoms with E-state index in [0.717, 1.165) is 25.7 Å². The van der Waals surface area contributed by atoms with Crippen LogP contribution in [0, 0.1) is 0 Å². The Bertz CT molecular complexity index is 706. The highest BCUT2D eigenvalue weighted by Gasteiger charge is 2.25. The number of ether oxygens (including phenoxy) is 1. The van der Waals surface area contributed by atoms with Crippen molar-refractivity contribution in [3.05, 3.63) is 23.7 Å². The monoisotopic (exact) mass is 521 g/mol. The normalized spacial score (nSPS) is 19.7. The Kier molecular flexibility index (Phi) is 9.74. The van der Waals surface area contributed by atoms with Crippen LogP contribution < -0.4 is 21.7 Å². The second-order valence-electron chi connectivity index (χ2n) is 7.90. The molecule has 1 aliphatic carbocycles. The molecule has 0 unspecified atom stereocenters. The zero-order valence-electron chi connectivity index (χ0n) is 17.4. The molecule has 2 amide bonds. The van der Waals surface area contributed by atoms with Crippen LogP contribution in [0.5, 0.6) is 0 Å². The molecule has 1 aliphatic rings. The summed E-state index contributed by atoms with van der Waals surface area (Å²) in [4.78, 5) is 27.2. The van der Waals surface area contributed by atoms with Gasteiger partial charge in [-0.05, 0) is 58.6 Å². The third-order valence-electron chi connectivity index (χ3n) is 4.35. The molecule has 0 spiro atoms. The molecule has 164 valence electrons. The maximum atomic E-state index is 11.9. The first-order valence-corrected chi connectivity index (χ1v) is 9.51. The number of nitrogens with two attached hydrogens (primary N) is 1. The van der Waals surface area contributed by atoms with Gasteiger partial charge in [0.05, 0.1) is 6.54 Å². The smallest absolute Gasteiger partial charge is 0.407 e. The van der Waals surface area contributed by atoms with Gasteiger partial charge in [0.2, 0.25) is 0 Å². The van der Waals surface area contributed by atoms with Crippen LogP contribution >= 0.6 is 24.0 Å². The first-order chi connectivity index (χ1) is 13.2. The lowest BCUT2D eigenvalue weighted by Gasteiger charge is -2.31. The molecular formula is C19H32IN5O4. The fourth-order valence-electron chi connectivity index (χ4n) is 3.02. The summed E-state index contributed by atoms with van der Waals surface area (Å²) < 4.78 is 10.7. The van der Waals surface area contributed by atoms with Crippen LogP contribution in [0.4, 0.5) is 4.79 Å². The van der Waals surface area contributed by atoms with Crippen molar-refractivity contribution in [2.24, 2.45) is 10.7 Å². The van der Waals surface area contributed by atoms with Gasteiger partial charge in [0.15, 0.2) is 11.7 Å². The predicted molar refractivity (Wildman–Crippen MR) is 121 cm³/mol. The maximum Gasteiger partial charge on any atom is 0.407 e. The first kappa shape index (κ1) is 25.1. The van der Waals surface area contributed by atoms with E-state index in [-0.39, 0.29) is 47.9 Å². The number of nitrogens with zero attached hydrogens (tertiary/aromatic N) is 1. The van der Waals surface area contributed by atoms with Crippen molar-refractivity contribution in [3.63, 3.8) is 0 Å². The Balaban J connectivity index is 0.00000420. The van der Waals surface area contributed by atoms with E-state index in [1.165, 1.54) is 0 Å². The number of nitrogens with one attached hydrogen (secondary N) is 3. The van der Waals surface area contributed by atoms with Gasteiger partial charge in [-0.15, -0.1) is 24.0 Å². The largest absolute Gasteiger partial charge is 0.454 e. The van der Waals surface area contributed by atoms with Crippen LogP contribution in [0.3, 0.4) is 0 Å². The number of aliphatic imine (C=N–C) groups is 1. The van der Waals surface area contributed by atoms with Gasteiger partial charge in [-0.25, -0.2) is 4.79 Å². The fraction of sp³-hybridized carbons (Fsp3) is 0.632. The number of hydrogen-bond donors (Lipinski definition) is 4. The molecule has 1 fully saturated rings. The summed E-state index contributed by atoms with van der Waals surface area (Å²) in [6, 6.07) is 3.64. The van der Waals surface area contributed by atoms with E-state index in [1.807, 2.05) is 20.8 Å². The number of halogens is 1. The van der Waals surface area contributed by atoms with Crippen molar-refractivity contribution >= 4 is 41.9 Å². The van der Waals surface area contributed by atoms with Crippen molar-refractivity contribution in [1.82, 2.24) is 16.0 Å². The lowest BCUT2D eigenvalue weighted by molar-refractivity contribution is 0.0490. The van der Waals surface area contributed by atoms with Crippen LogP contribution in [0.1, 0.15) is 62.8 Å². The van der Waals surface area contributed by atoms with Gasteiger partial charge < -0.3 is 30.8 Å². The molecule has 0 saturated heterocycles. The van der Waals surface area contributed by atoms with Crippen LogP contribution in [0.25, 0.3) is 0 Å². The van der Waals surface area contributed by atoms with Gasteiger partial charge in [0.1, 0.15) is 11.4 Å². The number of carbonyl (C=O) groups excluding carboxylic acids is 2. The quantitative estimate of drug-likeness (QED) is 0.268. The van der Waals surface area contributed by atoms with Crippen molar-refractivity contribution in [2.75, 3.05) is 7.05 Å². The number of alkyl carbamates (subject to hydrolysis) is 1. The highest BCUT2D eigenvalue weighted by atomic mass is 127. The average molecular weight is 521 g/mol. The molecule has 0 atom stereocenters. The lowest BCUT2D eigenvalue weighted by atomic mass is 9.91. The van der Waals surface area contributed by atoms with Gasteiger partial charge in [0.25, 0.3) is 5.91 Å². The van der Waals surface area contributed by atoms with E-state index in [2.05, 4.69) is 20.9 Å². The van der Waals surface area contributed by atoms with Crippen molar-refractivity contribution < 1.29 is 18.7 Å². The molecule has 1 aromatic rings.